The molecule has 0 bridgehead atoms. The summed E-state index contributed by atoms with van der Waals surface area (Å²) in [5.41, 5.74) is 0.802. The summed E-state index contributed by atoms with van der Waals surface area (Å²) in [6.45, 7) is 2.29. The molecular formula is C22H26FNO2. The number of benzene rings is 2. The lowest BCUT2D eigenvalue weighted by atomic mass is 9.93. The lowest BCUT2D eigenvalue weighted by Gasteiger charge is -2.25. The molecule has 1 heterocycles. The molecule has 3 atom stereocenters. The predicted octanol–water partition coefficient (Wildman–Crippen LogP) is 3.72. The van der Waals surface area contributed by atoms with Crippen LogP contribution in [0.4, 0.5) is 4.39 Å². The van der Waals surface area contributed by atoms with Crippen molar-refractivity contribution in [1.29, 1.82) is 0 Å². The molecule has 26 heavy (non-hydrogen) atoms. The second kappa shape index (κ2) is 7.01. The third-order valence-electron chi connectivity index (χ3n) is 5.98. The van der Waals surface area contributed by atoms with Crippen LogP contribution < -0.4 is 0 Å². The number of phenolic OH excluding ortho intramolecular Hbond substituents is 1. The van der Waals surface area contributed by atoms with Gasteiger partial charge in [-0.3, -0.25) is 4.90 Å². The summed E-state index contributed by atoms with van der Waals surface area (Å²) in [6.07, 6.45) is 1.18. The third-order valence-corrected chi connectivity index (χ3v) is 5.98. The number of phenols is 1. The topological polar surface area (TPSA) is 43.7 Å². The van der Waals surface area contributed by atoms with Gasteiger partial charge in [-0.2, -0.15) is 0 Å². The second-order valence-corrected chi connectivity index (χ2v) is 8.07. The summed E-state index contributed by atoms with van der Waals surface area (Å²) in [7, 11) is 0. The number of aliphatic hydroxyl groups is 1. The average Bonchev–Trinajstić information content (AvgIpc) is 3.10. The summed E-state index contributed by atoms with van der Waals surface area (Å²) in [5, 5.41) is 19.8. The van der Waals surface area contributed by atoms with Crippen LogP contribution in [-0.2, 0) is 6.42 Å². The lowest BCUT2D eigenvalue weighted by molar-refractivity contribution is 0.108. The van der Waals surface area contributed by atoms with E-state index in [1.54, 1.807) is 24.3 Å². The summed E-state index contributed by atoms with van der Waals surface area (Å²) in [4.78, 5) is 2.26. The lowest BCUT2D eigenvalue weighted by Crippen LogP contribution is -2.31. The molecule has 2 fully saturated rings. The van der Waals surface area contributed by atoms with E-state index in [1.165, 1.54) is 0 Å². The van der Waals surface area contributed by atoms with Gasteiger partial charge in [0.15, 0.2) is 0 Å². The number of β-amino-alcohol motifs (C(OH)–C–C–N with tert-alkyl or cyclic N) is 1. The maximum Gasteiger partial charge on any atom is 0.115 e. The molecule has 1 saturated carbocycles. The zero-order valence-corrected chi connectivity index (χ0v) is 14.9. The third kappa shape index (κ3) is 3.76. The Morgan fingerprint density at radius 2 is 1.62 bits per heavy atom. The van der Waals surface area contributed by atoms with Gasteiger partial charge in [-0.05, 0) is 47.9 Å². The Morgan fingerprint density at radius 3 is 2.23 bits per heavy atom. The molecule has 2 aliphatic rings. The number of hydrogen-bond acceptors (Lipinski definition) is 3. The summed E-state index contributed by atoms with van der Waals surface area (Å²) >= 11 is 0. The van der Waals surface area contributed by atoms with E-state index in [1.807, 2.05) is 30.3 Å². The normalized spacial score (nSPS) is 29.6. The molecule has 1 aliphatic heterocycles. The van der Waals surface area contributed by atoms with Crippen molar-refractivity contribution in [3.63, 3.8) is 0 Å². The first-order valence-corrected chi connectivity index (χ1v) is 9.43. The second-order valence-electron chi connectivity index (χ2n) is 8.07. The van der Waals surface area contributed by atoms with Gasteiger partial charge in [0, 0.05) is 26.1 Å². The van der Waals surface area contributed by atoms with E-state index < -0.39 is 11.8 Å². The van der Waals surface area contributed by atoms with Crippen LogP contribution in [0.15, 0.2) is 54.6 Å². The molecule has 0 amide bonds. The summed E-state index contributed by atoms with van der Waals surface area (Å²) in [6, 6.07) is 16.6. The number of alkyl halides is 1. The van der Waals surface area contributed by atoms with Gasteiger partial charge < -0.3 is 10.2 Å². The van der Waals surface area contributed by atoms with Gasteiger partial charge >= 0.3 is 0 Å². The van der Waals surface area contributed by atoms with Gasteiger partial charge in [0.2, 0.25) is 0 Å². The largest absolute Gasteiger partial charge is 0.508 e. The van der Waals surface area contributed by atoms with Gasteiger partial charge in [0.25, 0.3) is 0 Å². The first kappa shape index (κ1) is 17.5. The highest BCUT2D eigenvalue weighted by Gasteiger charge is 2.49. The smallest absolute Gasteiger partial charge is 0.115 e. The Morgan fingerprint density at radius 1 is 1.00 bits per heavy atom. The average molecular weight is 355 g/mol. The van der Waals surface area contributed by atoms with Crippen molar-refractivity contribution in [2.24, 2.45) is 11.8 Å². The van der Waals surface area contributed by atoms with Crippen molar-refractivity contribution in [3.8, 4) is 5.75 Å². The molecular weight excluding hydrogens is 329 g/mol. The molecule has 2 N–H and O–H groups in total. The number of rotatable bonds is 5. The SMILES string of the molecule is Oc1ccc(C(O)CN2CC3CC(F)(Cc4ccccc4)CC3C2)cc1. The Hall–Kier alpha value is -1.91. The number of nitrogens with zero attached hydrogens (tertiary/aromatic N) is 1. The molecule has 1 saturated heterocycles. The van der Waals surface area contributed by atoms with Gasteiger partial charge in [0.05, 0.1) is 6.10 Å². The van der Waals surface area contributed by atoms with Crippen LogP contribution in [0.1, 0.15) is 30.1 Å². The quantitative estimate of drug-likeness (QED) is 0.859. The molecule has 0 aromatic heterocycles. The van der Waals surface area contributed by atoms with Crippen molar-refractivity contribution >= 4 is 0 Å². The van der Waals surface area contributed by atoms with Gasteiger partial charge in [-0.25, -0.2) is 4.39 Å². The fourth-order valence-corrected chi connectivity index (χ4v) is 4.82. The molecule has 0 spiro atoms. The fourth-order valence-electron chi connectivity index (χ4n) is 4.82. The molecule has 2 aromatic rings. The highest BCUT2D eigenvalue weighted by molar-refractivity contribution is 5.27. The zero-order chi connectivity index (χ0) is 18.1. The molecule has 4 heteroatoms. The number of halogens is 1. The fraction of sp³-hybridized carbons (Fsp3) is 0.455. The Labute approximate surface area is 154 Å². The molecule has 1 aliphatic carbocycles. The van der Waals surface area contributed by atoms with Crippen LogP contribution in [0.2, 0.25) is 0 Å². The van der Waals surface area contributed by atoms with E-state index >= 15 is 4.39 Å². The van der Waals surface area contributed by atoms with Crippen molar-refractivity contribution in [1.82, 2.24) is 4.90 Å². The number of aliphatic hydroxyl groups excluding tert-OH is 1. The molecule has 3 unspecified atom stereocenters. The van der Waals surface area contributed by atoms with Gasteiger partial charge in [-0.1, -0.05) is 42.5 Å². The molecule has 0 radical (unpaired) electrons. The number of likely N-dealkylation sites (tertiary alicyclic amines) is 1. The number of hydrogen-bond donors (Lipinski definition) is 2. The van der Waals surface area contributed by atoms with E-state index in [0.29, 0.717) is 37.6 Å². The minimum Gasteiger partial charge on any atom is -0.508 e. The first-order valence-electron chi connectivity index (χ1n) is 9.43. The van der Waals surface area contributed by atoms with E-state index in [4.69, 9.17) is 0 Å². The Bertz CT molecular complexity index is 720. The Kier molecular flexibility index (Phi) is 4.72. The summed E-state index contributed by atoms with van der Waals surface area (Å²) in [5.74, 6) is 0.973. The van der Waals surface area contributed by atoms with E-state index in [2.05, 4.69) is 4.90 Å². The van der Waals surface area contributed by atoms with Crippen LogP contribution in [0.3, 0.4) is 0 Å². The van der Waals surface area contributed by atoms with Crippen LogP contribution >= 0.6 is 0 Å². The van der Waals surface area contributed by atoms with Crippen LogP contribution in [-0.4, -0.2) is 40.4 Å². The van der Waals surface area contributed by atoms with E-state index in [-0.39, 0.29) is 5.75 Å². The molecule has 2 aromatic carbocycles. The van der Waals surface area contributed by atoms with Crippen LogP contribution in [0, 0.1) is 11.8 Å². The van der Waals surface area contributed by atoms with Gasteiger partial charge in [-0.15, -0.1) is 0 Å². The molecule has 3 nitrogen and oxygen atoms in total. The minimum atomic E-state index is -1.08. The Balaban J connectivity index is 1.32. The van der Waals surface area contributed by atoms with E-state index in [9.17, 15) is 10.2 Å². The van der Waals surface area contributed by atoms with Crippen LogP contribution in [0.25, 0.3) is 0 Å². The minimum absolute atomic E-state index is 0.203. The van der Waals surface area contributed by atoms with Crippen LogP contribution in [0.5, 0.6) is 5.75 Å². The first-order chi connectivity index (χ1) is 12.5. The van der Waals surface area contributed by atoms with Crippen molar-refractivity contribution in [2.45, 2.75) is 31.0 Å². The number of fused-ring (bicyclic) bond motifs is 1. The molecule has 138 valence electrons. The maximum atomic E-state index is 15.3. The monoisotopic (exact) mass is 355 g/mol. The molecule has 4 rings (SSSR count). The van der Waals surface area contributed by atoms with Gasteiger partial charge in [0.1, 0.15) is 11.4 Å². The number of aromatic hydroxyl groups is 1. The highest BCUT2D eigenvalue weighted by atomic mass is 19.1. The maximum absolute atomic E-state index is 15.3. The summed E-state index contributed by atoms with van der Waals surface area (Å²) < 4.78 is 15.3. The van der Waals surface area contributed by atoms with E-state index in [0.717, 1.165) is 24.2 Å². The predicted molar refractivity (Wildman–Crippen MR) is 99.7 cm³/mol. The zero-order valence-electron chi connectivity index (χ0n) is 14.9. The highest BCUT2D eigenvalue weighted by Crippen LogP contribution is 2.47. The standard InChI is InChI=1S/C22H26FNO2/c23-22(10-16-4-2-1-3-5-16)11-18-13-24(14-19(18)12-22)15-21(26)17-6-8-20(25)9-7-17/h1-9,18-19,21,25-26H,10-15H2. The van der Waals surface area contributed by atoms with Crippen molar-refractivity contribution < 1.29 is 14.6 Å². The van der Waals surface area contributed by atoms with Crippen molar-refractivity contribution in [3.05, 3.63) is 65.7 Å². The van der Waals surface area contributed by atoms with Crippen molar-refractivity contribution in [2.75, 3.05) is 19.6 Å².